The first-order chi connectivity index (χ1) is 10.5. The summed E-state index contributed by atoms with van der Waals surface area (Å²) in [6.07, 6.45) is 2.83. The molecule has 1 aromatic rings. The number of rotatable bonds is 7. The molecule has 1 aliphatic rings. The largest absolute Gasteiger partial charge is 0.463 e. The predicted octanol–water partition coefficient (Wildman–Crippen LogP) is 3.19. The van der Waals surface area contributed by atoms with Gasteiger partial charge < -0.3 is 14.2 Å². The van der Waals surface area contributed by atoms with Crippen LogP contribution in [-0.2, 0) is 19.0 Å². The molecule has 120 valence electrons. The fourth-order valence-electron chi connectivity index (χ4n) is 2.07. The highest BCUT2D eigenvalue weighted by Gasteiger charge is 2.24. The van der Waals surface area contributed by atoms with Crippen LogP contribution in [0.2, 0.25) is 0 Å². The Morgan fingerprint density at radius 2 is 2.27 bits per heavy atom. The molecule has 5 heteroatoms. The van der Waals surface area contributed by atoms with Gasteiger partial charge in [0.1, 0.15) is 11.9 Å². The Balaban J connectivity index is 2.17. The second-order valence-corrected chi connectivity index (χ2v) is 5.25. The number of aryl methyl sites for hydroxylation is 1. The number of halogens is 1. The minimum Gasteiger partial charge on any atom is -0.463 e. The maximum absolute atomic E-state index is 13.9. The minimum absolute atomic E-state index is 0.149. The van der Waals surface area contributed by atoms with E-state index in [9.17, 15) is 9.18 Å². The van der Waals surface area contributed by atoms with Crippen molar-refractivity contribution in [3.05, 3.63) is 40.7 Å². The SMILES string of the molecule is CCOC(=O)C=Cc1cc(C)c(F)cc1[C@@H](C)OC[C@H]1CO1. The van der Waals surface area contributed by atoms with Crippen molar-refractivity contribution in [1.29, 1.82) is 0 Å². The zero-order chi connectivity index (χ0) is 16.1. The smallest absolute Gasteiger partial charge is 0.330 e. The van der Waals surface area contributed by atoms with Crippen LogP contribution in [0.3, 0.4) is 0 Å². The zero-order valence-electron chi connectivity index (χ0n) is 13.1. The van der Waals surface area contributed by atoms with Crippen molar-refractivity contribution in [3.63, 3.8) is 0 Å². The first kappa shape index (κ1) is 16.6. The van der Waals surface area contributed by atoms with Crippen molar-refractivity contribution >= 4 is 12.0 Å². The summed E-state index contributed by atoms with van der Waals surface area (Å²) in [6, 6.07) is 3.16. The van der Waals surface area contributed by atoms with E-state index >= 15 is 0 Å². The van der Waals surface area contributed by atoms with Gasteiger partial charge in [-0.25, -0.2) is 9.18 Å². The third-order valence-corrected chi connectivity index (χ3v) is 3.42. The Morgan fingerprint density at radius 1 is 1.55 bits per heavy atom. The number of hydrogen-bond acceptors (Lipinski definition) is 4. The van der Waals surface area contributed by atoms with Crippen LogP contribution in [0.25, 0.3) is 6.08 Å². The lowest BCUT2D eigenvalue weighted by molar-refractivity contribution is -0.137. The van der Waals surface area contributed by atoms with Crippen LogP contribution in [0.15, 0.2) is 18.2 Å². The second-order valence-electron chi connectivity index (χ2n) is 5.25. The Morgan fingerprint density at radius 3 is 2.91 bits per heavy atom. The summed E-state index contributed by atoms with van der Waals surface area (Å²) >= 11 is 0. The highest BCUT2D eigenvalue weighted by molar-refractivity contribution is 5.87. The molecule has 2 rings (SSSR count). The van der Waals surface area contributed by atoms with E-state index in [0.717, 1.165) is 5.56 Å². The van der Waals surface area contributed by atoms with Gasteiger partial charge in [0.05, 0.1) is 25.9 Å². The van der Waals surface area contributed by atoms with E-state index in [4.69, 9.17) is 14.2 Å². The number of carbonyl (C=O) groups excluding carboxylic acids is 1. The van der Waals surface area contributed by atoms with E-state index in [1.165, 1.54) is 12.1 Å². The van der Waals surface area contributed by atoms with Gasteiger partial charge in [0.15, 0.2) is 0 Å². The molecule has 0 bridgehead atoms. The Kier molecular flexibility index (Phi) is 5.69. The summed E-state index contributed by atoms with van der Waals surface area (Å²) < 4.78 is 29.5. The lowest BCUT2D eigenvalue weighted by Crippen LogP contribution is -2.08. The minimum atomic E-state index is -0.421. The molecule has 0 unspecified atom stereocenters. The van der Waals surface area contributed by atoms with Gasteiger partial charge in [-0.2, -0.15) is 0 Å². The fourth-order valence-corrected chi connectivity index (χ4v) is 2.07. The van der Waals surface area contributed by atoms with Gasteiger partial charge >= 0.3 is 5.97 Å². The van der Waals surface area contributed by atoms with Crippen LogP contribution in [-0.4, -0.2) is 31.9 Å². The molecule has 4 nitrogen and oxygen atoms in total. The molecule has 1 fully saturated rings. The molecule has 0 spiro atoms. The van der Waals surface area contributed by atoms with Crippen molar-refractivity contribution in [2.75, 3.05) is 19.8 Å². The number of epoxide rings is 1. The molecule has 0 saturated carbocycles. The third kappa shape index (κ3) is 4.64. The number of carbonyl (C=O) groups is 1. The number of hydrogen-bond donors (Lipinski definition) is 0. The number of ether oxygens (including phenoxy) is 3. The van der Waals surface area contributed by atoms with Crippen molar-refractivity contribution in [2.24, 2.45) is 0 Å². The van der Waals surface area contributed by atoms with Gasteiger partial charge in [0, 0.05) is 6.08 Å². The van der Waals surface area contributed by atoms with E-state index in [1.807, 2.05) is 6.92 Å². The summed E-state index contributed by atoms with van der Waals surface area (Å²) in [5.74, 6) is -0.711. The van der Waals surface area contributed by atoms with Gasteiger partial charge in [-0.3, -0.25) is 0 Å². The van der Waals surface area contributed by atoms with Crippen LogP contribution < -0.4 is 0 Å². The zero-order valence-corrected chi connectivity index (χ0v) is 13.1. The second kappa shape index (κ2) is 7.51. The van der Waals surface area contributed by atoms with Crippen molar-refractivity contribution in [2.45, 2.75) is 33.0 Å². The predicted molar refractivity (Wildman–Crippen MR) is 80.9 cm³/mol. The highest BCUT2D eigenvalue weighted by atomic mass is 19.1. The lowest BCUT2D eigenvalue weighted by atomic mass is 9.99. The van der Waals surface area contributed by atoms with Crippen LogP contribution in [0, 0.1) is 12.7 Å². The average molecular weight is 308 g/mol. The van der Waals surface area contributed by atoms with E-state index in [2.05, 4.69) is 0 Å². The van der Waals surface area contributed by atoms with Crippen LogP contribution in [0.4, 0.5) is 4.39 Å². The first-order valence-electron chi connectivity index (χ1n) is 7.39. The molecular weight excluding hydrogens is 287 g/mol. The van der Waals surface area contributed by atoms with E-state index in [0.29, 0.717) is 30.9 Å². The lowest BCUT2D eigenvalue weighted by Gasteiger charge is -2.16. The molecular formula is C17H21FO4. The monoisotopic (exact) mass is 308 g/mol. The topological polar surface area (TPSA) is 48.1 Å². The Labute approximate surface area is 129 Å². The standard InChI is InChI=1S/C17H21FO4/c1-4-20-17(19)6-5-13-7-11(2)16(18)8-15(13)12(3)21-9-14-10-22-14/h5-8,12,14H,4,9-10H2,1-3H3/t12-,14+/m1/s1. The molecule has 1 saturated heterocycles. The molecule has 22 heavy (non-hydrogen) atoms. The molecule has 1 aromatic carbocycles. The maximum atomic E-state index is 13.9. The van der Waals surface area contributed by atoms with Crippen molar-refractivity contribution < 1.29 is 23.4 Å². The van der Waals surface area contributed by atoms with Crippen LogP contribution in [0.5, 0.6) is 0 Å². The summed E-state index contributed by atoms with van der Waals surface area (Å²) in [7, 11) is 0. The summed E-state index contributed by atoms with van der Waals surface area (Å²) in [4.78, 5) is 11.4. The van der Waals surface area contributed by atoms with Gasteiger partial charge in [-0.1, -0.05) is 0 Å². The molecule has 1 aliphatic heterocycles. The highest BCUT2D eigenvalue weighted by Crippen LogP contribution is 2.26. The van der Waals surface area contributed by atoms with Gasteiger partial charge in [0.2, 0.25) is 0 Å². The first-order valence-corrected chi connectivity index (χ1v) is 7.39. The molecule has 0 N–H and O–H groups in total. The van der Waals surface area contributed by atoms with Crippen molar-refractivity contribution in [1.82, 2.24) is 0 Å². The Bertz CT molecular complexity index is 564. The number of benzene rings is 1. The Hall–Kier alpha value is -1.72. The molecule has 0 amide bonds. The van der Waals surface area contributed by atoms with Crippen molar-refractivity contribution in [3.8, 4) is 0 Å². The van der Waals surface area contributed by atoms with Gasteiger partial charge in [-0.15, -0.1) is 0 Å². The van der Waals surface area contributed by atoms with Gasteiger partial charge in [0.25, 0.3) is 0 Å². The van der Waals surface area contributed by atoms with Gasteiger partial charge in [-0.05, 0) is 55.7 Å². The molecule has 0 radical (unpaired) electrons. The molecule has 0 aromatic heterocycles. The van der Waals surface area contributed by atoms with E-state index in [1.54, 1.807) is 26.0 Å². The summed E-state index contributed by atoms with van der Waals surface area (Å²) in [5.41, 5.74) is 1.96. The molecule has 0 aliphatic carbocycles. The average Bonchev–Trinajstić information content (AvgIpc) is 3.30. The quantitative estimate of drug-likeness (QED) is 0.441. The van der Waals surface area contributed by atoms with E-state index < -0.39 is 5.97 Å². The fraction of sp³-hybridized carbons (Fsp3) is 0.471. The maximum Gasteiger partial charge on any atom is 0.330 e. The van der Waals surface area contributed by atoms with E-state index in [-0.39, 0.29) is 18.0 Å². The molecule has 1 heterocycles. The number of esters is 1. The molecule has 2 atom stereocenters. The third-order valence-electron chi connectivity index (χ3n) is 3.42. The summed E-state index contributed by atoms with van der Waals surface area (Å²) in [5, 5.41) is 0. The van der Waals surface area contributed by atoms with Crippen LogP contribution >= 0.6 is 0 Å². The van der Waals surface area contributed by atoms with Crippen LogP contribution in [0.1, 0.15) is 36.6 Å². The normalized spacial score (nSPS) is 18.5. The summed E-state index contributed by atoms with van der Waals surface area (Å²) in [6.45, 7) is 6.80.